The van der Waals surface area contributed by atoms with Gasteiger partial charge in [0, 0.05) is 5.75 Å². The molecule has 0 radical (unpaired) electrons. The van der Waals surface area contributed by atoms with Gasteiger partial charge in [-0.2, -0.15) is 11.8 Å². The molecule has 0 aromatic carbocycles. The summed E-state index contributed by atoms with van der Waals surface area (Å²) in [5, 5.41) is 0. The number of hydrogen-bond acceptors (Lipinski definition) is 4. The van der Waals surface area contributed by atoms with E-state index < -0.39 is 0 Å². The van der Waals surface area contributed by atoms with E-state index in [4.69, 9.17) is 9.15 Å². The Kier molecular flexibility index (Phi) is 3.18. The summed E-state index contributed by atoms with van der Waals surface area (Å²) in [5.41, 5.74) is 0. The average molecular weight is 277 g/mol. The molecular formula is C9H9BrO3S. The summed E-state index contributed by atoms with van der Waals surface area (Å²) in [6, 6.07) is 3.29. The van der Waals surface area contributed by atoms with E-state index >= 15 is 0 Å². The van der Waals surface area contributed by atoms with Gasteiger partial charge in [0.1, 0.15) is 6.10 Å². The summed E-state index contributed by atoms with van der Waals surface area (Å²) in [7, 11) is 0. The molecule has 0 spiro atoms. The number of esters is 1. The van der Waals surface area contributed by atoms with Crippen molar-refractivity contribution in [3.8, 4) is 0 Å². The van der Waals surface area contributed by atoms with Gasteiger partial charge in [0.25, 0.3) is 0 Å². The van der Waals surface area contributed by atoms with E-state index in [9.17, 15) is 4.79 Å². The van der Waals surface area contributed by atoms with E-state index in [1.165, 1.54) is 0 Å². The van der Waals surface area contributed by atoms with E-state index in [0.29, 0.717) is 4.67 Å². The highest BCUT2D eigenvalue weighted by atomic mass is 79.9. The Labute approximate surface area is 94.3 Å². The molecule has 0 bridgehead atoms. The quantitative estimate of drug-likeness (QED) is 0.779. The number of furan rings is 1. The number of rotatable bonds is 2. The third-order valence-corrected chi connectivity index (χ3v) is 3.49. The molecule has 1 aliphatic rings. The van der Waals surface area contributed by atoms with Gasteiger partial charge in [0.2, 0.25) is 5.76 Å². The first-order valence-electron chi connectivity index (χ1n) is 4.30. The normalized spacial score (nSPS) is 21.1. The Bertz CT molecular complexity index is 331. The Morgan fingerprint density at radius 2 is 2.50 bits per heavy atom. The van der Waals surface area contributed by atoms with Crippen molar-refractivity contribution >= 4 is 33.7 Å². The van der Waals surface area contributed by atoms with E-state index in [0.717, 1.165) is 17.9 Å². The predicted molar refractivity (Wildman–Crippen MR) is 57.6 cm³/mol. The Balaban J connectivity index is 1.95. The van der Waals surface area contributed by atoms with Gasteiger partial charge in [0.05, 0.1) is 0 Å². The van der Waals surface area contributed by atoms with Crippen LogP contribution in [0.25, 0.3) is 0 Å². The fraction of sp³-hybridized carbons (Fsp3) is 0.444. The molecule has 0 N–H and O–H groups in total. The van der Waals surface area contributed by atoms with Gasteiger partial charge in [-0.25, -0.2) is 4.79 Å². The lowest BCUT2D eigenvalue weighted by atomic mass is 10.3. The van der Waals surface area contributed by atoms with Gasteiger partial charge in [-0.05, 0) is 40.2 Å². The van der Waals surface area contributed by atoms with Crippen LogP contribution in [0.1, 0.15) is 17.0 Å². The van der Waals surface area contributed by atoms with Crippen molar-refractivity contribution in [1.82, 2.24) is 0 Å². The van der Waals surface area contributed by atoms with Crippen molar-refractivity contribution in [1.29, 1.82) is 0 Å². The molecule has 1 saturated heterocycles. The lowest BCUT2D eigenvalue weighted by Crippen LogP contribution is -2.16. The van der Waals surface area contributed by atoms with Gasteiger partial charge in [-0.15, -0.1) is 0 Å². The number of carbonyl (C=O) groups excluding carboxylic acids is 1. The van der Waals surface area contributed by atoms with E-state index in [1.807, 2.05) is 11.8 Å². The molecule has 1 aliphatic heterocycles. The van der Waals surface area contributed by atoms with Crippen LogP contribution in [0.15, 0.2) is 21.2 Å². The molecule has 1 atom stereocenters. The molecule has 2 rings (SSSR count). The fourth-order valence-electron chi connectivity index (χ4n) is 1.24. The Morgan fingerprint density at radius 3 is 3.07 bits per heavy atom. The molecule has 2 heterocycles. The summed E-state index contributed by atoms with van der Waals surface area (Å²) in [6.45, 7) is 0. The highest BCUT2D eigenvalue weighted by molar-refractivity contribution is 9.10. The molecular weight excluding hydrogens is 268 g/mol. The minimum absolute atomic E-state index is 0.0522. The third-order valence-electron chi connectivity index (χ3n) is 1.94. The maximum atomic E-state index is 11.5. The highest BCUT2D eigenvalue weighted by Gasteiger charge is 2.22. The van der Waals surface area contributed by atoms with E-state index in [2.05, 4.69) is 15.9 Å². The molecule has 3 nitrogen and oxygen atoms in total. The van der Waals surface area contributed by atoms with Crippen molar-refractivity contribution < 1.29 is 13.9 Å². The third kappa shape index (κ3) is 2.33. The topological polar surface area (TPSA) is 39.4 Å². The van der Waals surface area contributed by atoms with Gasteiger partial charge in [0.15, 0.2) is 4.67 Å². The first kappa shape index (κ1) is 10.1. The smallest absolute Gasteiger partial charge is 0.374 e. The van der Waals surface area contributed by atoms with Crippen LogP contribution >= 0.6 is 27.7 Å². The number of hydrogen-bond donors (Lipinski definition) is 0. The van der Waals surface area contributed by atoms with E-state index in [-0.39, 0.29) is 17.8 Å². The summed E-state index contributed by atoms with van der Waals surface area (Å²) in [4.78, 5) is 11.5. The number of thioether (sulfide) groups is 1. The largest absolute Gasteiger partial charge is 0.456 e. The lowest BCUT2D eigenvalue weighted by molar-refractivity contribution is 0.0319. The van der Waals surface area contributed by atoms with Crippen LogP contribution in [0.2, 0.25) is 0 Å². The molecule has 14 heavy (non-hydrogen) atoms. The van der Waals surface area contributed by atoms with Crippen LogP contribution in [0.3, 0.4) is 0 Å². The zero-order chi connectivity index (χ0) is 9.97. The highest BCUT2D eigenvalue weighted by Crippen LogP contribution is 2.22. The van der Waals surface area contributed by atoms with Crippen molar-refractivity contribution in [3.05, 3.63) is 22.6 Å². The standard InChI is InChI=1S/C9H9BrO3S/c10-8-2-1-7(13-8)9(11)12-6-3-4-14-5-6/h1-2,6H,3-5H2. The van der Waals surface area contributed by atoms with Crippen molar-refractivity contribution in [2.45, 2.75) is 12.5 Å². The first-order valence-corrected chi connectivity index (χ1v) is 6.24. The van der Waals surface area contributed by atoms with Crippen molar-refractivity contribution in [3.63, 3.8) is 0 Å². The average Bonchev–Trinajstić information content (AvgIpc) is 2.75. The van der Waals surface area contributed by atoms with Crippen LogP contribution in [-0.4, -0.2) is 23.6 Å². The molecule has 5 heteroatoms. The maximum Gasteiger partial charge on any atom is 0.374 e. The Hall–Kier alpha value is -0.420. The molecule has 1 unspecified atom stereocenters. The number of carbonyl (C=O) groups is 1. The second kappa shape index (κ2) is 4.40. The molecule has 1 aromatic rings. The minimum atomic E-state index is -0.372. The van der Waals surface area contributed by atoms with Crippen LogP contribution in [-0.2, 0) is 4.74 Å². The fourth-order valence-corrected chi connectivity index (χ4v) is 2.64. The van der Waals surface area contributed by atoms with Crippen LogP contribution in [0, 0.1) is 0 Å². The van der Waals surface area contributed by atoms with Crippen molar-refractivity contribution in [2.75, 3.05) is 11.5 Å². The first-order chi connectivity index (χ1) is 6.75. The molecule has 0 aliphatic carbocycles. The monoisotopic (exact) mass is 276 g/mol. The molecule has 0 saturated carbocycles. The van der Waals surface area contributed by atoms with E-state index in [1.54, 1.807) is 12.1 Å². The molecule has 1 aromatic heterocycles. The van der Waals surface area contributed by atoms with Crippen molar-refractivity contribution in [2.24, 2.45) is 0 Å². The molecule has 76 valence electrons. The zero-order valence-electron chi connectivity index (χ0n) is 7.36. The number of halogens is 1. The Morgan fingerprint density at radius 1 is 1.64 bits per heavy atom. The summed E-state index contributed by atoms with van der Waals surface area (Å²) in [5.74, 6) is 1.85. The SMILES string of the molecule is O=C(OC1CCSC1)c1ccc(Br)o1. The van der Waals surface area contributed by atoms with Crippen LogP contribution in [0.4, 0.5) is 0 Å². The zero-order valence-corrected chi connectivity index (χ0v) is 9.77. The van der Waals surface area contributed by atoms with Gasteiger partial charge in [-0.3, -0.25) is 0 Å². The minimum Gasteiger partial charge on any atom is -0.456 e. The summed E-state index contributed by atoms with van der Waals surface area (Å²) < 4.78 is 10.9. The second-order valence-corrected chi connectivity index (χ2v) is 4.93. The summed E-state index contributed by atoms with van der Waals surface area (Å²) in [6.07, 6.45) is 0.995. The van der Waals surface area contributed by atoms with Gasteiger partial charge in [-0.1, -0.05) is 0 Å². The van der Waals surface area contributed by atoms with Crippen LogP contribution < -0.4 is 0 Å². The second-order valence-electron chi connectivity index (χ2n) is 2.99. The lowest BCUT2D eigenvalue weighted by Gasteiger charge is -2.08. The van der Waals surface area contributed by atoms with Crippen LogP contribution in [0.5, 0.6) is 0 Å². The molecule has 1 fully saturated rings. The van der Waals surface area contributed by atoms with Gasteiger partial charge >= 0.3 is 5.97 Å². The number of ether oxygens (including phenoxy) is 1. The maximum absolute atomic E-state index is 11.5. The predicted octanol–water partition coefficient (Wildman–Crippen LogP) is 2.70. The molecule has 0 amide bonds. The summed E-state index contributed by atoms with van der Waals surface area (Å²) >= 11 is 4.94. The van der Waals surface area contributed by atoms with Gasteiger partial charge < -0.3 is 9.15 Å².